The second-order valence-electron chi connectivity index (χ2n) is 4.74. The highest BCUT2D eigenvalue weighted by Gasteiger charge is 2.18. The lowest BCUT2D eigenvalue weighted by molar-refractivity contribution is 0.102. The van der Waals surface area contributed by atoms with Gasteiger partial charge in [-0.15, -0.1) is 0 Å². The highest BCUT2D eigenvalue weighted by atomic mass is 16.5. The van der Waals surface area contributed by atoms with Crippen LogP contribution in [0.1, 0.15) is 34.2 Å². The Morgan fingerprint density at radius 2 is 2.24 bits per heavy atom. The van der Waals surface area contributed by atoms with Crippen LogP contribution in [0.15, 0.2) is 23.0 Å². The molecule has 21 heavy (non-hydrogen) atoms. The molecule has 7 heteroatoms. The van der Waals surface area contributed by atoms with Crippen LogP contribution in [0.4, 0.5) is 5.88 Å². The summed E-state index contributed by atoms with van der Waals surface area (Å²) < 4.78 is 6.79. The zero-order chi connectivity index (χ0) is 15.0. The predicted molar refractivity (Wildman–Crippen MR) is 76.3 cm³/mol. The Kier molecular flexibility index (Phi) is 3.17. The van der Waals surface area contributed by atoms with Crippen LogP contribution in [0.2, 0.25) is 0 Å². The minimum Gasteiger partial charge on any atom is -0.338 e. The van der Waals surface area contributed by atoms with Gasteiger partial charge in [0.1, 0.15) is 0 Å². The Morgan fingerprint density at radius 1 is 1.43 bits per heavy atom. The van der Waals surface area contributed by atoms with Gasteiger partial charge in [0.05, 0.1) is 23.1 Å². The van der Waals surface area contributed by atoms with Gasteiger partial charge in [-0.25, -0.2) is 9.50 Å². The third-order valence-corrected chi connectivity index (χ3v) is 3.47. The molecule has 1 N–H and O–H groups in total. The van der Waals surface area contributed by atoms with Crippen LogP contribution in [-0.4, -0.2) is 25.7 Å². The van der Waals surface area contributed by atoms with Crippen LogP contribution in [-0.2, 0) is 6.42 Å². The van der Waals surface area contributed by atoms with Crippen molar-refractivity contribution >= 4 is 17.4 Å². The zero-order valence-corrected chi connectivity index (χ0v) is 12.0. The molecule has 0 aliphatic rings. The first-order valence-corrected chi connectivity index (χ1v) is 6.67. The van der Waals surface area contributed by atoms with Crippen LogP contribution in [0.5, 0.6) is 0 Å². The van der Waals surface area contributed by atoms with Crippen molar-refractivity contribution in [3.8, 4) is 0 Å². The van der Waals surface area contributed by atoms with E-state index in [9.17, 15) is 4.79 Å². The summed E-state index contributed by atoms with van der Waals surface area (Å²) in [5, 5.41) is 10.8. The molecule has 3 rings (SSSR count). The molecule has 0 unspecified atom stereocenters. The number of aryl methyl sites for hydroxylation is 2. The Hall–Kier alpha value is -2.70. The molecule has 0 saturated carbocycles. The van der Waals surface area contributed by atoms with E-state index < -0.39 is 0 Å². The number of nitrogens with zero attached hydrogens (tertiary/aromatic N) is 4. The summed E-state index contributed by atoms with van der Waals surface area (Å²) >= 11 is 0. The van der Waals surface area contributed by atoms with Gasteiger partial charge in [0.2, 0.25) is 5.88 Å². The monoisotopic (exact) mass is 285 g/mol. The Labute approximate surface area is 121 Å². The number of nitrogens with one attached hydrogen (secondary N) is 1. The molecule has 1 amide bonds. The summed E-state index contributed by atoms with van der Waals surface area (Å²) in [4.78, 5) is 16.6. The molecule has 0 saturated heterocycles. The maximum Gasteiger partial charge on any atom is 0.261 e. The van der Waals surface area contributed by atoms with Crippen molar-refractivity contribution in [2.75, 3.05) is 5.32 Å². The molecule has 0 bridgehead atoms. The van der Waals surface area contributed by atoms with Crippen molar-refractivity contribution in [2.45, 2.75) is 27.2 Å². The van der Waals surface area contributed by atoms with Gasteiger partial charge in [0.25, 0.3) is 5.91 Å². The molecule has 3 aromatic heterocycles. The summed E-state index contributed by atoms with van der Waals surface area (Å²) in [6, 6.07) is 1.78. The van der Waals surface area contributed by atoms with Crippen LogP contribution < -0.4 is 5.32 Å². The molecule has 0 aromatic carbocycles. The van der Waals surface area contributed by atoms with Crippen LogP contribution >= 0.6 is 0 Å². The van der Waals surface area contributed by atoms with Gasteiger partial charge in [-0.1, -0.05) is 12.1 Å². The van der Waals surface area contributed by atoms with Gasteiger partial charge in [0.15, 0.2) is 5.65 Å². The fourth-order valence-electron chi connectivity index (χ4n) is 2.29. The first-order valence-electron chi connectivity index (χ1n) is 6.67. The Bertz CT molecular complexity index is 818. The van der Waals surface area contributed by atoms with Crippen molar-refractivity contribution in [1.82, 2.24) is 19.8 Å². The molecule has 108 valence electrons. The van der Waals surface area contributed by atoms with E-state index in [0.29, 0.717) is 17.1 Å². The maximum absolute atomic E-state index is 12.4. The van der Waals surface area contributed by atoms with Gasteiger partial charge in [-0.05, 0) is 20.3 Å². The van der Waals surface area contributed by atoms with E-state index in [4.69, 9.17) is 4.52 Å². The minimum atomic E-state index is -0.289. The van der Waals surface area contributed by atoms with Gasteiger partial charge >= 0.3 is 0 Å². The topological polar surface area (TPSA) is 85.3 Å². The molecule has 3 aromatic rings. The van der Waals surface area contributed by atoms with Gasteiger partial charge in [-0.3, -0.25) is 10.1 Å². The minimum absolute atomic E-state index is 0.289. The lowest BCUT2D eigenvalue weighted by atomic mass is 10.2. The predicted octanol–water partition coefficient (Wildman–Crippen LogP) is 2.15. The number of hydrogen-bond donors (Lipinski definition) is 1. The maximum atomic E-state index is 12.4. The lowest BCUT2D eigenvalue weighted by Gasteiger charge is -2.07. The molecule has 0 spiro atoms. The summed E-state index contributed by atoms with van der Waals surface area (Å²) in [6.45, 7) is 5.65. The van der Waals surface area contributed by atoms with Crippen molar-refractivity contribution in [1.29, 1.82) is 0 Å². The third kappa shape index (κ3) is 2.16. The van der Waals surface area contributed by atoms with E-state index in [1.807, 2.05) is 20.8 Å². The highest BCUT2D eigenvalue weighted by Crippen LogP contribution is 2.21. The molecule has 0 aliphatic carbocycles. The number of rotatable bonds is 3. The van der Waals surface area contributed by atoms with Gasteiger partial charge < -0.3 is 4.52 Å². The number of anilines is 1. The Morgan fingerprint density at radius 3 is 3.00 bits per heavy atom. The van der Waals surface area contributed by atoms with E-state index in [1.54, 1.807) is 16.8 Å². The first kappa shape index (κ1) is 13.3. The third-order valence-electron chi connectivity index (χ3n) is 3.47. The van der Waals surface area contributed by atoms with E-state index in [1.165, 1.54) is 6.20 Å². The fourth-order valence-corrected chi connectivity index (χ4v) is 2.29. The molecule has 0 radical (unpaired) electrons. The Balaban J connectivity index is 1.95. The van der Waals surface area contributed by atoms with Crippen molar-refractivity contribution in [3.63, 3.8) is 0 Å². The molecular weight excluding hydrogens is 270 g/mol. The largest absolute Gasteiger partial charge is 0.338 e. The number of carbonyl (C=O) groups excluding carboxylic acids is 1. The average Bonchev–Trinajstić information content (AvgIpc) is 3.06. The van der Waals surface area contributed by atoms with Crippen LogP contribution in [0.25, 0.3) is 5.65 Å². The number of hydrogen-bond acceptors (Lipinski definition) is 5. The quantitative estimate of drug-likeness (QED) is 0.797. The molecule has 0 aliphatic heterocycles. The summed E-state index contributed by atoms with van der Waals surface area (Å²) in [6.07, 6.45) is 3.92. The molecule has 3 heterocycles. The molecule has 7 nitrogen and oxygen atoms in total. The zero-order valence-electron chi connectivity index (χ0n) is 12.0. The lowest BCUT2D eigenvalue weighted by Crippen LogP contribution is -2.16. The second kappa shape index (κ2) is 5.01. The van der Waals surface area contributed by atoms with Gasteiger partial charge in [0, 0.05) is 17.8 Å². The standard InChI is InChI=1S/C14H15N5O2/c1-4-10-8(2)18-21-14(10)17-13(20)11-7-15-12-5-6-16-19(12)9(11)3/h5-7H,4H2,1-3H3,(H,17,20). The smallest absolute Gasteiger partial charge is 0.261 e. The van der Waals surface area contributed by atoms with E-state index in [-0.39, 0.29) is 5.91 Å². The fraction of sp³-hybridized carbons (Fsp3) is 0.286. The van der Waals surface area contributed by atoms with Gasteiger partial charge in [-0.2, -0.15) is 5.10 Å². The summed E-state index contributed by atoms with van der Waals surface area (Å²) in [7, 11) is 0. The molecule has 0 fully saturated rings. The number of amides is 1. The highest BCUT2D eigenvalue weighted by molar-refractivity contribution is 6.04. The van der Waals surface area contributed by atoms with Crippen molar-refractivity contribution in [2.24, 2.45) is 0 Å². The van der Waals surface area contributed by atoms with E-state index in [0.717, 1.165) is 23.4 Å². The first-order chi connectivity index (χ1) is 10.1. The van der Waals surface area contributed by atoms with Crippen molar-refractivity contribution < 1.29 is 9.32 Å². The molecule has 0 atom stereocenters. The van der Waals surface area contributed by atoms with Crippen LogP contribution in [0, 0.1) is 13.8 Å². The van der Waals surface area contributed by atoms with E-state index in [2.05, 4.69) is 20.6 Å². The number of aromatic nitrogens is 4. The number of carbonyl (C=O) groups is 1. The summed E-state index contributed by atoms with van der Waals surface area (Å²) in [5.74, 6) is 0.100. The molecular formula is C14H15N5O2. The second-order valence-corrected chi connectivity index (χ2v) is 4.74. The average molecular weight is 285 g/mol. The summed E-state index contributed by atoms with van der Waals surface area (Å²) in [5.41, 5.74) is 3.55. The number of fused-ring (bicyclic) bond motifs is 1. The van der Waals surface area contributed by atoms with Crippen LogP contribution in [0.3, 0.4) is 0 Å². The van der Waals surface area contributed by atoms with E-state index >= 15 is 0 Å². The van der Waals surface area contributed by atoms with Crippen molar-refractivity contribution in [3.05, 3.63) is 41.0 Å². The SMILES string of the molecule is CCc1c(C)noc1NC(=O)c1cnc2ccnn2c1C. The normalized spacial score (nSPS) is 11.0.